The van der Waals surface area contributed by atoms with Crippen molar-refractivity contribution in [2.24, 2.45) is 0 Å². The van der Waals surface area contributed by atoms with Gasteiger partial charge < -0.3 is 14.6 Å². The van der Waals surface area contributed by atoms with Crippen LogP contribution in [0.1, 0.15) is 258 Å². The number of hydrogen-bond acceptors (Lipinski definition) is 5. The smallest absolute Gasteiger partial charge is 0.306 e. The zero-order valence-corrected chi connectivity index (χ0v) is 35.1. The number of aliphatic hydroxyl groups is 1. The summed E-state index contributed by atoms with van der Waals surface area (Å²) in [5.74, 6) is -0.580. The molecule has 1 atom stereocenters. The van der Waals surface area contributed by atoms with Crippen LogP contribution in [-0.2, 0) is 19.1 Å². The summed E-state index contributed by atoms with van der Waals surface area (Å²) in [6.07, 6.45) is 51.5. The second kappa shape index (κ2) is 44.0. The summed E-state index contributed by atoms with van der Waals surface area (Å²) in [5, 5.41) is 9.59. The molecule has 0 spiro atoms. The van der Waals surface area contributed by atoms with Crippen LogP contribution in [0.2, 0.25) is 0 Å². The van der Waals surface area contributed by atoms with Gasteiger partial charge in [-0.3, -0.25) is 9.59 Å². The molecule has 5 heteroatoms. The first kappa shape index (κ1) is 50.6. The molecule has 0 fully saturated rings. The molecule has 0 aromatic heterocycles. The van der Waals surface area contributed by atoms with E-state index in [2.05, 4.69) is 26.0 Å². The van der Waals surface area contributed by atoms with E-state index in [1.54, 1.807) is 0 Å². The summed E-state index contributed by atoms with van der Waals surface area (Å²) in [6.45, 7) is 4.17. The van der Waals surface area contributed by atoms with Crippen molar-refractivity contribution in [2.75, 3.05) is 13.2 Å². The summed E-state index contributed by atoms with van der Waals surface area (Å²) in [6, 6.07) is 0. The zero-order chi connectivity index (χ0) is 37.8. The molecular weight excluding hydrogens is 645 g/mol. The molecule has 0 saturated carbocycles. The lowest BCUT2D eigenvalue weighted by Gasteiger charge is -2.15. The Morgan fingerprint density at radius 3 is 1.04 bits per heavy atom. The first-order chi connectivity index (χ1) is 25.6. The number of hydrogen-bond donors (Lipinski definition) is 1. The first-order valence-corrected chi connectivity index (χ1v) is 23.2. The lowest BCUT2D eigenvalue weighted by atomic mass is 10.0. The molecular formula is C47H90O5. The predicted octanol–water partition coefficient (Wildman–Crippen LogP) is 14.9. The molecule has 0 heterocycles. The van der Waals surface area contributed by atoms with E-state index in [9.17, 15) is 14.7 Å². The van der Waals surface area contributed by atoms with Crippen LogP contribution in [0.4, 0.5) is 0 Å². The Kier molecular flexibility index (Phi) is 42.9. The Balaban J connectivity index is 3.46. The van der Waals surface area contributed by atoms with E-state index < -0.39 is 6.10 Å². The van der Waals surface area contributed by atoms with Crippen molar-refractivity contribution in [1.29, 1.82) is 0 Å². The van der Waals surface area contributed by atoms with Gasteiger partial charge >= 0.3 is 11.9 Å². The van der Waals surface area contributed by atoms with Gasteiger partial charge in [-0.25, -0.2) is 0 Å². The molecule has 0 aromatic rings. The maximum atomic E-state index is 12.2. The van der Waals surface area contributed by atoms with Gasteiger partial charge in [-0.05, 0) is 38.5 Å². The minimum atomic E-state index is -0.768. The Bertz CT molecular complexity index is 750. The summed E-state index contributed by atoms with van der Waals surface area (Å²) in [4.78, 5) is 24.4. The SMILES string of the molecule is CCCCCCCC/C=C\CCCCCCCCCC(=O)OC(CO)COC(=O)CCCCCCCCCCCCCCCCCCCCCCC. The number of carbonyl (C=O) groups is 2. The largest absolute Gasteiger partial charge is 0.462 e. The normalized spacial score (nSPS) is 12.1. The number of rotatable bonds is 43. The third kappa shape index (κ3) is 41.4. The van der Waals surface area contributed by atoms with Gasteiger partial charge in [0.2, 0.25) is 0 Å². The van der Waals surface area contributed by atoms with E-state index in [4.69, 9.17) is 9.47 Å². The van der Waals surface area contributed by atoms with Crippen LogP contribution in [0.15, 0.2) is 12.2 Å². The molecule has 0 aliphatic rings. The molecule has 0 saturated heterocycles. The van der Waals surface area contributed by atoms with Gasteiger partial charge in [-0.15, -0.1) is 0 Å². The molecule has 0 aliphatic carbocycles. The first-order valence-electron chi connectivity index (χ1n) is 23.2. The van der Waals surface area contributed by atoms with Crippen LogP contribution in [0.25, 0.3) is 0 Å². The van der Waals surface area contributed by atoms with Crippen LogP contribution in [-0.4, -0.2) is 36.4 Å². The van der Waals surface area contributed by atoms with E-state index in [0.717, 1.165) is 32.1 Å². The third-order valence-electron chi connectivity index (χ3n) is 10.6. The molecule has 5 nitrogen and oxygen atoms in total. The fourth-order valence-corrected chi connectivity index (χ4v) is 7.02. The molecule has 0 radical (unpaired) electrons. The Morgan fingerprint density at radius 1 is 0.423 bits per heavy atom. The number of esters is 2. The average Bonchev–Trinajstić information content (AvgIpc) is 3.15. The van der Waals surface area contributed by atoms with Crippen molar-refractivity contribution in [1.82, 2.24) is 0 Å². The zero-order valence-electron chi connectivity index (χ0n) is 35.1. The lowest BCUT2D eigenvalue weighted by Crippen LogP contribution is -2.28. The molecule has 0 amide bonds. The summed E-state index contributed by atoms with van der Waals surface area (Å²) in [7, 11) is 0. The van der Waals surface area contributed by atoms with Gasteiger partial charge in [-0.1, -0.05) is 219 Å². The standard InChI is InChI=1S/C47H90O5/c1-3-5-7-9-11-13-15-17-19-21-22-23-24-26-27-29-31-33-35-37-39-41-46(49)51-44-45(43-48)52-47(50)42-40-38-36-34-32-30-28-25-20-18-16-14-12-10-8-6-4-2/h18,20,45,48H,3-17,19,21-44H2,1-2H3/b20-18-. The molecule has 1 N–H and O–H groups in total. The summed E-state index contributed by atoms with van der Waals surface area (Å²) < 4.78 is 10.7. The van der Waals surface area contributed by atoms with Crippen LogP contribution in [0, 0.1) is 0 Å². The number of allylic oxidation sites excluding steroid dienone is 2. The summed E-state index contributed by atoms with van der Waals surface area (Å²) in [5.41, 5.74) is 0. The minimum Gasteiger partial charge on any atom is -0.462 e. The Labute approximate surface area is 324 Å². The fraction of sp³-hybridized carbons (Fsp3) is 0.915. The number of unbranched alkanes of at least 4 members (excludes halogenated alkanes) is 33. The number of aliphatic hydroxyl groups excluding tert-OH is 1. The second-order valence-corrected chi connectivity index (χ2v) is 15.8. The quantitative estimate of drug-likeness (QED) is 0.0383. The maximum Gasteiger partial charge on any atom is 0.306 e. The van der Waals surface area contributed by atoms with Crippen LogP contribution in [0.5, 0.6) is 0 Å². The van der Waals surface area contributed by atoms with Gasteiger partial charge in [0, 0.05) is 12.8 Å². The van der Waals surface area contributed by atoms with Crippen molar-refractivity contribution in [2.45, 2.75) is 264 Å². The molecule has 0 aromatic carbocycles. The number of carbonyl (C=O) groups excluding carboxylic acids is 2. The maximum absolute atomic E-state index is 12.2. The van der Waals surface area contributed by atoms with E-state index in [1.807, 2.05) is 0 Å². The van der Waals surface area contributed by atoms with Crippen LogP contribution >= 0.6 is 0 Å². The third-order valence-corrected chi connectivity index (χ3v) is 10.6. The van der Waals surface area contributed by atoms with Crippen molar-refractivity contribution in [3.05, 3.63) is 12.2 Å². The monoisotopic (exact) mass is 735 g/mol. The van der Waals surface area contributed by atoms with Gasteiger partial charge in [0.05, 0.1) is 6.61 Å². The molecule has 52 heavy (non-hydrogen) atoms. The van der Waals surface area contributed by atoms with Crippen LogP contribution in [0.3, 0.4) is 0 Å². The molecule has 1 unspecified atom stereocenters. The Hall–Kier alpha value is -1.36. The van der Waals surface area contributed by atoms with E-state index in [0.29, 0.717) is 12.8 Å². The van der Waals surface area contributed by atoms with Gasteiger partial charge in [0.1, 0.15) is 6.61 Å². The van der Waals surface area contributed by atoms with Gasteiger partial charge in [0.15, 0.2) is 6.10 Å². The Morgan fingerprint density at radius 2 is 0.712 bits per heavy atom. The van der Waals surface area contributed by atoms with Crippen molar-refractivity contribution < 1.29 is 24.2 Å². The van der Waals surface area contributed by atoms with Gasteiger partial charge in [0.25, 0.3) is 0 Å². The highest BCUT2D eigenvalue weighted by Gasteiger charge is 2.16. The molecule has 308 valence electrons. The highest BCUT2D eigenvalue weighted by Crippen LogP contribution is 2.16. The van der Waals surface area contributed by atoms with Gasteiger partial charge in [-0.2, -0.15) is 0 Å². The van der Waals surface area contributed by atoms with E-state index in [1.165, 1.54) is 199 Å². The highest BCUT2D eigenvalue weighted by atomic mass is 16.6. The van der Waals surface area contributed by atoms with Crippen molar-refractivity contribution in [3.63, 3.8) is 0 Å². The van der Waals surface area contributed by atoms with Crippen molar-refractivity contribution >= 4 is 11.9 Å². The highest BCUT2D eigenvalue weighted by molar-refractivity contribution is 5.70. The summed E-state index contributed by atoms with van der Waals surface area (Å²) >= 11 is 0. The van der Waals surface area contributed by atoms with Crippen LogP contribution < -0.4 is 0 Å². The number of ether oxygens (including phenoxy) is 2. The minimum absolute atomic E-state index is 0.0609. The van der Waals surface area contributed by atoms with E-state index in [-0.39, 0.29) is 25.2 Å². The molecule has 0 aliphatic heterocycles. The second-order valence-electron chi connectivity index (χ2n) is 15.8. The molecule has 0 rings (SSSR count). The van der Waals surface area contributed by atoms with Crippen molar-refractivity contribution in [3.8, 4) is 0 Å². The average molecular weight is 735 g/mol. The molecule has 0 bridgehead atoms. The van der Waals surface area contributed by atoms with E-state index >= 15 is 0 Å². The topological polar surface area (TPSA) is 72.8 Å². The fourth-order valence-electron chi connectivity index (χ4n) is 7.02. The lowest BCUT2D eigenvalue weighted by molar-refractivity contribution is -0.161. The predicted molar refractivity (Wildman–Crippen MR) is 224 cm³/mol.